The molecule has 192 valence electrons. The Morgan fingerprint density at radius 2 is 1.16 bits per heavy atom. The quantitative estimate of drug-likeness (QED) is 0.325. The topological polar surface area (TPSA) is 95.4 Å². The molecule has 0 spiro atoms. The minimum absolute atomic E-state index is 0. The van der Waals surface area contributed by atoms with E-state index in [0.717, 1.165) is 11.1 Å². The molecule has 37 heavy (non-hydrogen) atoms. The highest BCUT2D eigenvalue weighted by Gasteiger charge is 2.31. The highest BCUT2D eigenvalue weighted by molar-refractivity contribution is 5.63. The zero-order valence-electron chi connectivity index (χ0n) is 19.9. The predicted octanol–water partition coefficient (Wildman–Crippen LogP) is 6.31. The number of alkyl halides is 3. The van der Waals surface area contributed by atoms with Crippen molar-refractivity contribution in [1.29, 1.82) is 0 Å². The molecule has 1 aliphatic heterocycles. The lowest BCUT2D eigenvalue weighted by atomic mass is 10.1. The molecule has 4 aromatic rings. The molecule has 0 unspecified atom stereocenters. The second-order valence-electron chi connectivity index (χ2n) is 8.34. The first-order chi connectivity index (χ1) is 17.4. The van der Waals surface area contributed by atoms with E-state index in [2.05, 4.69) is 9.64 Å². The van der Waals surface area contributed by atoms with Gasteiger partial charge in [0.05, 0.1) is 0 Å². The zero-order valence-corrected chi connectivity index (χ0v) is 19.9. The molecule has 0 amide bonds. The standard InChI is InChI=1S/C27H23F3N4O2.H3N/c28-27(29,30)36-23-13-11-21(12-14-23)35-22-15-17-34(18-16-22)26-32-24(19-7-3-1-4-8-19)31-25(33-26)20-9-5-2-6-10-20;/h1-14,22H,15-18H2;1H3. The van der Waals surface area contributed by atoms with Crippen molar-refractivity contribution in [1.82, 2.24) is 21.1 Å². The number of hydrogen-bond acceptors (Lipinski definition) is 7. The van der Waals surface area contributed by atoms with Crippen LogP contribution in [0.4, 0.5) is 19.1 Å². The van der Waals surface area contributed by atoms with Crippen molar-refractivity contribution in [3.8, 4) is 34.3 Å². The molecule has 10 heteroatoms. The molecule has 1 fully saturated rings. The van der Waals surface area contributed by atoms with Crippen molar-refractivity contribution >= 4 is 5.95 Å². The Balaban J connectivity index is 0.00000320. The molecule has 3 N–H and O–H groups in total. The van der Waals surface area contributed by atoms with Crippen LogP contribution in [0.15, 0.2) is 84.9 Å². The summed E-state index contributed by atoms with van der Waals surface area (Å²) in [6, 6.07) is 25.1. The molecule has 7 nitrogen and oxygen atoms in total. The SMILES string of the molecule is FC(F)(F)Oc1ccc(OC2CCN(c3nc(-c4ccccc4)nc(-c4ccccc4)n3)CC2)cc1.N. The summed E-state index contributed by atoms with van der Waals surface area (Å²) in [6.07, 6.45) is -3.35. The van der Waals surface area contributed by atoms with Gasteiger partial charge in [-0.05, 0) is 24.3 Å². The maximum atomic E-state index is 12.4. The Labute approximate surface area is 212 Å². The number of benzene rings is 3. The highest BCUT2D eigenvalue weighted by atomic mass is 19.4. The summed E-state index contributed by atoms with van der Waals surface area (Å²) in [5.74, 6) is 2.05. The third kappa shape index (κ3) is 6.73. The number of aromatic nitrogens is 3. The molecule has 1 aromatic heterocycles. The molecule has 0 bridgehead atoms. The third-order valence-electron chi connectivity index (χ3n) is 5.77. The van der Waals surface area contributed by atoms with Gasteiger partial charge in [0.2, 0.25) is 5.95 Å². The van der Waals surface area contributed by atoms with Gasteiger partial charge in [0, 0.05) is 37.1 Å². The number of ether oxygens (including phenoxy) is 2. The summed E-state index contributed by atoms with van der Waals surface area (Å²) in [5.41, 5.74) is 1.82. The van der Waals surface area contributed by atoms with Gasteiger partial charge in [0.15, 0.2) is 11.6 Å². The number of hydrogen-bond donors (Lipinski definition) is 1. The van der Waals surface area contributed by atoms with Crippen molar-refractivity contribution in [3.63, 3.8) is 0 Å². The highest BCUT2D eigenvalue weighted by Crippen LogP contribution is 2.28. The summed E-state index contributed by atoms with van der Waals surface area (Å²) in [5, 5.41) is 0. The lowest BCUT2D eigenvalue weighted by molar-refractivity contribution is -0.274. The second-order valence-corrected chi connectivity index (χ2v) is 8.34. The molecule has 5 rings (SSSR count). The molecule has 0 radical (unpaired) electrons. The smallest absolute Gasteiger partial charge is 0.490 e. The normalized spacial score (nSPS) is 14.1. The third-order valence-corrected chi connectivity index (χ3v) is 5.77. The first kappa shape index (κ1) is 25.9. The number of nitrogens with zero attached hydrogens (tertiary/aromatic N) is 4. The van der Waals surface area contributed by atoms with Gasteiger partial charge in [-0.3, -0.25) is 0 Å². The van der Waals surface area contributed by atoms with Crippen LogP contribution in [0.2, 0.25) is 0 Å². The summed E-state index contributed by atoms with van der Waals surface area (Å²) in [7, 11) is 0. The van der Waals surface area contributed by atoms with E-state index in [9.17, 15) is 13.2 Å². The molecule has 0 atom stereocenters. The Hall–Kier alpha value is -4.18. The van der Waals surface area contributed by atoms with E-state index in [1.165, 1.54) is 24.3 Å². The van der Waals surface area contributed by atoms with Gasteiger partial charge in [0.25, 0.3) is 0 Å². The Kier molecular flexibility index (Phi) is 7.88. The van der Waals surface area contributed by atoms with Crippen molar-refractivity contribution in [3.05, 3.63) is 84.9 Å². The van der Waals surface area contributed by atoms with Crippen LogP contribution >= 0.6 is 0 Å². The van der Waals surface area contributed by atoms with E-state index in [1.54, 1.807) is 0 Å². The number of piperidine rings is 1. The molecule has 1 saturated heterocycles. The monoisotopic (exact) mass is 509 g/mol. The fourth-order valence-electron chi connectivity index (χ4n) is 4.02. The van der Waals surface area contributed by atoms with Gasteiger partial charge >= 0.3 is 6.36 Å². The van der Waals surface area contributed by atoms with Gasteiger partial charge in [0.1, 0.15) is 17.6 Å². The number of rotatable bonds is 6. The van der Waals surface area contributed by atoms with Crippen LogP contribution in [0.3, 0.4) is 0 Å². The van der Waals surface area contributed by atoms with E-state index in [4.69, 9.17) is 19.7 Å². The van der Waals surface area contributed by atoms with Crippen LogP contribution < -0.4 is 20.5 Å². The molecular weight excluding hydrogens is 483 g/mol. The van der Waals surface area contributed by atoms with Crippen molar-refractivity contribution in [2.24, 2.45) is 0 Å². The van der Waals surface area contributed by atoms with E-state index in [-0.39, 0.29) is 18.0 Å². The van der Waals surface area contributed by atoms with Crippen molar-refractivity contribution in [2.45, 2.75) is 25.3 Å². The van der Waals surface area contributed by atoms with Crippen molar-refractivity contribution in [2.75, 3.05) is 18.0 Å². The molecule has 0 saturated carbocycles. The maximum absolute atomic E-state index is 12.4. The van der Waals surface area contributed by atoms with Gasteiger partial charge < -0.3 is 20.5 Å². The van der Waals surface area contributed by atoms with Crippen LogP contribution in [0, 0.1) is 0 Å². The van der Waals surface area contributed by atoms with E-state index < -0.39 is 6.36 Å². The largest absolute Gasteiger partial charge is 0.573 e. The molecular formula is C27H26F3N5O2. The summed E-state index contributed by atoms with van der Waals surface area (Å²) < 4.78 is 47.0. The molecule has 1 aliphatic rings. The minimum Gasteiger partial charge on any atom is -0.490 e. The summed E-state index contributed by atoms with van der Waals surface area (Å²) >= 11 is 0. The van der Waals surface area contributed by atoms with Crippen LogP contribution in [-0.4, -0.2) is 40.5 Å². The lowest BCUT2D eigenvalue weighted by Gasteiger charge is -2.32. The average Bonchev–Trinajstić information content (AvgIpc) is 2.90. The van der Waals surface area contributed by atoms with E-state index >= 15 is 0 Å². The maximum Gasteiger partial charge on any atom is 0.573 e. The van der Waals surface area contributed by atoms with Gasteiger partial charge in [-0.25, -0.2) is 4.98 Å². The zero-order chi connectivity index (χ0) is 25.0. The summed E-state index contributed by atoms with van der Waals surface area (Å²) in [4.78, 5) is 16.3. The minimum atomic E-state index is -4.72. The number of anilines is 1. The number of halogens is 3. The van der Waals surface area contributed by atoms with E-state index in [1.807, 2.05) is 60.7 Å². The second kappa shape index (κ2) is 11.3. The Bertz CT molecular complexity index is 1220. The van der Waals surface area contributed by atoms with Crippen LogP contribution in [-0.2, 0) is 0 Å². The Morgan fingerprint density at radius 3 is 1.65 bits per heavy atom. The summed E-state index contributed by atoms with van der Waals surface area (Å²) in [6.45, 7) is 1.35. The van der Waals surface area contributed by atoms with Gasteiger partial charge in [-0.15, -0.1) is 13.2 Å². The first-order valence-electron chi connectivity index (χ1n) is 11.6. The van der Waals surface area contributed by atoms with Gasteiger partial charge in [-0.2, -0.15) is 9.97 Å². The van der Waals surface area contributed by atoms with Crippen LogP contribution in [0.5, 0.6) is 11.5 Å². The van der Waals surface area contributed by atoms with Crippen molar-refractivity contribution < 1.29 is 22.6 Å². The van der Waals surface area contributed by atoms with Crippen LogP contribution in [0.1, 0.15) is 12.8 Å². The van der Waals surface area contributed by atoms with Gasteiger partial charge in [-0.1, -0.05) is 60.7 Å². The van der Waals surface area contributed by atoms with E-state index in [0.29, 0.717) is 49.3 Å². The fraction of sp³-hybridized carbons (Fsp3) is 0.222. The van der Waals surface area contributed by atoms with Crippen LogP contribution in [0.25, 0.3) is 22.8 Å². The first-order valence-corrected chi connectivity index (χ1v) is 11.6. The Morgan fingerprint density at radius 1 is 0.676 bits per heavy atom. The molecule has 0 aliphatic carbocycles. The average molecular weight is 510 g/mol. The predicted molar refractivity (Wildman–Crippen MR) is 135 cm³/mol. The molecule has 2 heterocycles. The molecule has 3 aromatic carbocycles. The fourth-order valence-corrected chi connectivity index (χ4v) is 4.02. The lowest BCUT2D eigenvalue weighted by Crippen LogP contribution is -2.39.